The smallest absolute Gasteiger partial charge is 0.0703 e. The molecule has 72 valence electrons. The van der Waals surface area contributed by atoms with Crippen molar-refractivity contribution in [2.75, 3.05) is 19.6 Å². The van der Waals surface area contributed by atoms with E-state index in [0.29, 0.717) is 12.2 Å². The van der Waals surface area contributed by atoms with Gasteiger partial charge in [0.15, 0.2) is 0 Å². The minimum absolute atomic E-state index is 0.476. The highest BCUT2D eigenvalue weighted by molar-refractivity contribution is 4.75. The third kappa shape index (κ3) is 2.46. The van der Waals surface area contributed by atoms with E-state index in [-0.39, 0.29) is 0 Å². The second kappa shape index (κ2) is 4.83. The predicted octanol–water partition coefficient (Wildman–Crippen LogP) is 1.90. The van der Waals surface area contributed by atoms with Crippen LogP contribution < -0.4 is 0 Å². The minimum Gasteiger partial charge on any atom is -0.372 e. The van der Waals surface area contributed by atoms with Crippen molar-refractivity contribution in [1.82, 2.24) is 4.90 Å². The second-order valence-corrected chi connectivity index (χ2v) is 3.55. The number of likely N-dealkylation sites (N-methyl/N-ethyl adjacent to an activating group) is 1. The van der Waals surface area contributed by atoms with Crippen LogP contribution in [0.4, 0.5) is 0 Å². The van der Waals surface area contributed by atoms with Crippen LogP contribution in [0.3, 0.4) is 0 Å². The number of hydrogen-bond donors (Lipinski definition) is 0. The van der Waals surface area contributed by atoms with Gasteiger partial charge in [0.05, 0.1) is 12.2 Å². The SMILES string of the molecule is CCC1CN(CC)CC(CC)O1. The molecule has 0 aromatic rings. The molecule has 1 fully saturated rings. The lowest BCUT2D eigenvalue weighted by molar-refractivity contribution is -0.0855. The lowest BCUT2D eigenvalue weighted by Crippen LogP contribution is -2.46. The summed E-state index contributed by atoms with van der Waals surface area (Å²) < 4.78 is 5.88. The predicted molar refractivity (Wildman–Crippen MR) is 51.4 cm³/mol. The first-order valence-electron chi connectivity index (χ1n) is 5.17. The lowest BCUT2D eigenvalue weighted by Gasteiger charge is -2.37. The molecule has 2 unspecified atom stereocenters. The zero-order valence-corrected chi connectivity index (χ0v) is 8.55. The maximum atomic E-state index is 5.88. The fourth-order valence-electron chi connectivity index (χ4n) is 1.72. The first kappa shape index (κ1) is 10.0. The van der Waals surface area contributed by atoms with Gasteiger partial charge in [-0.15, -0.1) is 0 Å². The highest BCUT2D eigenvalue weighted by Crippen LogP contribution is 2.15. The highest BCUT2D eigenvalue weighted by atomic mass is 16.5. The Hall–Kier alpha value is -0.0800. The molecule has 0 spiro atoms. The lowest BCUT2D eigenvalue weighted by atomic mass is 10.1. The fourth-order valence-corrected chi connectivity index (χ4v) is 1.72. The van der Waals surface area contributed by atoms with Crippen LogP contribution >= 0.6 is 0 Å². The largest absolute Gasteiger partial charge is 0.372 e. The Morgan fingerprint density at radius 2 is 1.58 bits per heavy atom. The molecule has 0 saturated carbocycles. The topological polar surface area (TPSA) is 12.5 Å². The van der Waals surface area contributed by atoms with Crippen LogP contribution in [0, 0.1) is 0 Å². The summed E-state index contributed by atoms with van der Waals surface area (Å²) in [6, 6.07) is 0. The van der Waals surface area contributed by atoms with Gasteiger partial charge in [0.1, 0.15) is 0 Å². The van der Waals surface area contributed by atoms with Crippen molar-refractivity contribution < 1.29 is 4.74 Å². The van der Waals surface area contributed by atoms with Crippen molar-refractivity contribution >= 4 is 0 Å². The average Bonchev–Trinajstić information content (AvgIpc) is 2.16. The molecule has 2 heteroatoms. The number of morpholine rings is 1. The molecule has 1 saturated heterocycles. The van der Waals surface area contributed by atoms with Crippen molar-refractivity contribution in [3.8, 4) is 0 Å². The van der Waals surface area contributed by atoms with Gasteiger partial charge in [-0.25, -0.2) is 0 Å². The number of ether oxygens (including phenoxy) is 1. The van der Waals surface area contributed by atoms with Gasteiger partial charge < -0.3 is 4.74 Å². The van der Waals surface area contributed by atoms with Crippen LogP contribution in [0.2, 0.25) is 0 Å². The molecule has 0 amide bonds. The summed E-state index contributed by atoms with van der Waals surface area (Å²) in [6.07, 6.45) is 3.24. The monoisotopic (exact) mass is 171 g/mol. The van der Waals surface area contributed by atoms with E-state index in [9.17, 15) is 0 Å². The average molecular weight is 171 g/mol. The van der Waals surface area contributed by atoms with Crippen LogP contribution in [-0.2, 0) is 4.74 Å². The second-order valence-electron chi connectivity index (χ2n) is 3.55. The van der Waals surface area contributed by atoms with Crippen molar-refractivity contribution in [3.05, 3.63) is 0 Å². The maximum absolute atomic E-state index is 5.88. The van der Waals surface area contributed by atoms with Gasteiger partial charge in [0.25, 0.3) is 0 Å². The molecule has 0 radical (unpaired) electrons. The van der Waals surface area contributed by atoms with Gasteiger partial charge >= 0.3 is 0 Å². The minimum atomic E-state index is 0.476. The molecule has 1 rings (SSSR count). The van der Waals surface area contributed by atoms with E-state index in [1.54, 1.807) is 0 Å². The Balaban J connectivity index is 2.41. The van der Waals surface area contributed by atoms with E-state index >= 15 is 0 Å². The van der Waals surface area contributed by atoms with Gasteiger partial charge in [-0.3, -0.25) is 4.90 Å². The van der Waals surface area contributed by atoms with Crippen LogP contribution in [-0.4, -0.2) is 36.7 Å². The Morgan fingerprint density at radius 3 is 1.92 bits per heavy atom. The molecule has 2 nitrogen and oxygen atoms in total. The Labute approximate surface area is 75.9 Å². The third-order valence-corrected chi connectivity index (χ3v) is 2.67. The summed E-state index contributed by atoms with van der Waals surface area (Å²) >= 11 is 0. The van der Waals surface area contributed by atoms with E-state index in [0.717, 1.165) is 32.5 Å². The summed E-state index contributed by atoms with van der Waals surface area (Å²) in [4.78, 5) is 2.49. The third-order valence-electron chi connectivity index (χ3n) is 2.67. The Kier molecular flexibility index (Phi) is 4.02. The van der Waals surface area contributed by atoms with Crippen molar-refractivity contribution in [2.24, 2.45) is 0 Å². The quantitative estimate of drug-likeness (QED) is 0.643. The summed E-state index contributed by atoms with van der Waals surface area (Å²) in [6.45, 7) is 10.1. The molecule has 0 aromatic heterocycles. The number of rotatable bonds is 3. The molecule has 12 heavy (non-hydrogen) atoms. The Morgan fingerprint density at radius 1 is 1.08 bits per heavy atom. The van der Waals surface area contributed by atoms with Crippen molar-refractivity contribution in [3.63, 3.8) is 0 Å². The molecule has 0 N–H and O–H groups in total. The first-order valence-corrected chi connectivity index (χ1v) is 5.17. The molecule has 1 aliphatic heterocycles. The van der Waals surface area contributed by atoms with Crippen molar-refractivity contribution in [1.29, 1.82) is 0 Å². The van der Waals surface area contributed by atoms with Crippen molar-refractivity contribution in [2.45, 2.75) is 45.8 Å². The van der Waals surface area contributed by atoms with Crippen LogP contribution in [0.15, 0.2) is 0 Å². The van der Waals surface area contributed by atoms with Crippen LogP contribution in [0.25, 0.3) is 0 Å². The fraction of sp³-hybridized carbons (Fsp3) is 1.00. The standard InChI is InChI=1S/C10H21NO/c1-4-9-7-11(6-3)8-10(5-2)12-9/h9-10H,4-8H2,1-3H3. The van der Waals surface area contributed by atoms with E-state index in [1.807, 2.05) is 0 Å². The maximum Gasteiger partial charge on any atom is 0.0703 e. The van der Waals surface area contributed by atoms with Gasteiger partial charge in [0.2, 0.25) is 0 Å². The number of nitrogens with zero attached hydrogens (tertiary/aromatic N) is 1. The van der Waals surface area contributed by atoms with Gasteiger partial charge in [-0.1, -0.05) is 20.8 Å². The zero-order chi connectivity index (χ0) is 8.97. The van der Waals surface area contributed by atoms with E-state index < -0.39 is 0 Å². The van der Waals surface area contributed by atoms with Gasteiger partial charge in [-0.2, -0.15) is 0 Å². The first-order chi connectivity index (χ1) is 5.80. The molecule has 0 aliphatic carbocycles. The Bertz CT molecular complexity index is 97.2. The molecule has 1 heterocycles. The van der Waals surface area contributed by atoms with E-state index in [1.165, 1.54) is 0 Å². The number of hydrogen-bond acceptors (Lipinski definition) is 2. The van der Waals surface area contributed by atoms with E-state index in [2.05, 4.69) is 25.7 Å². The summed E-state index contributed by atoms with van der Waals surface area (Å²) in [7, 11) is 0. The molecule has 1 aliphatic rings. The summed E-state index contributed by atoms with van der Waals surface area (Å²) in [5, 5.41) is 0. The van der Waals surface area contributed by atoms with Gasteiger partial charge in [0, 0.05) is 13.1 Å². The van der Waals surface area contributed by atoms with E-state index in [4.69, 9.17) is 4.74 Å². The molecule has 0 aromatic carbocycles. The molecule has 2 atom stereocenters. The molecular weight excluding hydrogens is 150 g/mol. The van der Waals surface area contributed by atoms with Crippen LogP contribution in [0.5, 0.6) is 0 Å². The normalized spacial score (nSPS) is 32.2. The molecule has 0 bridgehead atoms. The molecular formula is C10H21NO. The summed E-state index contributed by atoms with van der Waals surface area (Å²) in [5.74, 6) is 0. The zero-order valence-electron chi connectivity index (χ0n) is 8.55. The summed E-state index contributed by atoms with van der Waals surface area (Å²) in [5.41, 5.74) is 0. The van der Waals surface area contributed by atoms with Gasteiger partial charge in [-0.05, 0) is 19.4 Å². The van der Waals surface area contributed by atoms with Crippen LogP contribution in [0.1, 0.15) is 33.6 Å². The highest BCUT2D eigenvalue weighted by Gasteiger charge is 2.24.